The summed E-state index contributed by atoms with van der Waals surface area (Å²) in [5.41, 5.74) is 3.88. The van der Waals surface area contributed by atoms with Crippen LogP contribution in [0.1, 0.15) is 27.0 Å². The molecule has 0 radical (unpaired) electrons. The second-order valence-electron chi connectivity index (χ2n) is 6.13. The van der Waals surface area contributed by atoms with Crippen molar-refractivity contribution in [3.63, 3.8) is 0 Å². The lowest BCUT2D eigenvalue weighted by atomic mass is 10.0. The Morgan fingerprint density at radius 2 is 1.85 bits per heavy atom. The summed E-state index contributed by atoms with van der Waals surface area (Å²) in [6.07, 6.45) is 2.36. The fourth-order valence-corrected chi connectivity index (χ4v) is 3.61. The fourth-order valence-electron chi connectivity index (χ4n) is 3.36. The highest BCUT2D eigenvalue weighted by Gasteiger charge is 2.28. The smallest absolute Gasteiger partial charge is 0.189 e. The van der Waals surface area contributed by atoms with Gasteiger partial charge in [-0.25, -0.2) is 0 Å². The number of carbonyl (C=O) groups excluding carboxylic acids is 1. The molecule has 0 aromatic heterocycles. The van der Waals surface area contributed by atoms with Gasteiger partial charge in [0, 0.05) is 33.7 Å². The van der Waals surface area contributed by atoms with Gasteiger partial charge in [0.25, 0.3) is 0 Å². The lowest BCUT2D eigenvalue weighted by Crippen LogP contribution is -2.12. The molecule has 0 unspecified atom stereocenters. The zero-order chi connectivity index (χ0) is 18.3. The van der Waals surface area contributed by atoms with Gasteiger partial charge in [-0.05, 0) is 35.9 Å². The minimum absolute atomic E-state index is 0.0262. The molecule has 0 saturated carbocycles. The monoisotopic (exact) mass is 372 g/mol. The summed E-state index contributed by atoms with van der Waals surface area (Å²) in [6.45, 7) is 0.627. The molecule has 0 spiro atoms. The van der Waals surface area contributed by atoms with Crippen LogP contribution in [0.15, 0.2) is 29.8 Å². The fraction of sp³-hybridized carbons (Fsp3) is 0.250. The predicted molar refractivity (Wildman–Crippen MR) is 97.3 cm³/mol. The molecule has 134 valence electrons. The Morgan fingerprint density at radius 1 is 1.08 bits per heavy atom. The third-order valence-electron chi connectivity index (χ3n) is 4.56. The Labute approximate surface area is 156 Å². The maximum Gasteiger partial charge on any atom is 0.189 e. The van der Waals surface area contributed by atoms with Crippen LogP contribution in [0.3, 0.4) is 0 Å². The van der Waals surface area contributed by atoms with E-state index < -0.39 is 0 Å². The van der Waals surface area contributed by atoms with Crippen LogP contribution in [0, 0.1) is 0 Å². The highest BCUT2D eigenvalue weighted by molar-refractivity contribution is 6.31. The number of hydrogen-bond acceptors (Lipinski definition) is 5. The molecule has 2 aromatic rings. The minimum Gasteiger partial charge on any atom is -0.493 e. The largest absolute Gasteiger partial charge is 0.493 e. The number of carbonyl (C=O) groups is 1. The number of Topliss-reactive ketones (excluding diaryl/α,β-unsaturated/α-hetero) is 1. The molecule has 1 aliphatic carbocycles. The maximum atomic E-state index is 12.9. The summed E-state index contributed by atoms with van der Waals surface area (Å²) < 4.78 is 21.6. The zero-order valence-electron chi connectivity index (χ0n) is 14.4. The highest BCUT2D eigenvalue weighted by atomic mass is 35.5. The number of rotatable bonds is 3. The van der Waals surface area contributed by atoms with Gasteiger partial charge in [0.1, 0.15) is 5.75 Å². The Balaban J connectivity index is 1.76. The van der Waals surface area contributed by atoms with Crippen molar-refractivity contribution in [3.05, 3.63) is 57.1 Å². The van der Waals surface area contributed by atoms with Gasteiger partial charge in [0.05, 0.1) is 20.8 Å². The predicted octanol–water partition coefficient (Wildman–Crippen LogP) is 4.05. The van der Waals surface area contributed by atoms with Gasteiger partial charge in [-0.15, -0.1) is 0 Å². The van der Waals surface area contributed by atoms with Crippen LogP contribution >= 0.6 is 11.6 Å². The van der Waals surface area contributed by atoms with Crippen LogP contribution < -0.4 is 14.2 Å². The van der Waals surface area contributed by atoms with Crippen LogP contribution in [0.2, 0.25) is 5.02 Å². The van der Waals surface area contributed by atoms with E-state index in [-0.39, 0.29) is 12.6 Å². The summed E-state index contributed by atoms with van der Waals surface area (Å²) in [4.78, 5) is 12.9. The van der Waals surface area contributed by atoms with Crippen molar-refractivity contribution in [2.75, 3.05) is 21.0 Å². The van der Waals surface area contributed by atoms with E-state index in [1.807, 2.05) is 18.2 Å². The average molecular weight is 373 g/mol. The molecule has 0 saturated heterocycles. The van der Waals surface area contributed by atoms with E-state index in [0.29, 0.717) is 46.4 Å². The van der Waals surface area contributed by atoms with Crippen molar-refractivity contribution in [2.45, 2.75) is 13.0 Å². The third-order valence-corrected chi connectivity index (χ3v) is 4.78. The first-order valence-electron chi connectivity index (χ1n) is 8.14. The first kappa shape index (κ1) is 16.9. The van der Waals surface area contributed by atoms with Crippen LogP contribution in [-0.4, -0.2) is 26.8 Å². The molecule has 4 rings (SSSR count). The molecule has 0 atom stereocenters. The molecule has 0 fully saturated rings. The molecule has 2 aliphatic rings. The standard InChI is InChI=1S/C20H17ClO5/c1-23-17-7-11-3-12(19(22)16(11)8-18(17)24-2)4-13-5-15(21)6-14-9-25-10-26-20(13)14/h4-8H,3,9-10H2,1-2H3. The minimum atomic E-state index is -0.0262. The third kappa shape index (κ3) is 2.83. The molecule has 0 bridgehead atoms. The van der Waals surface area contributed by atoms with Gasteiger partial charge in [-0.3, -0.25) is 4.79 Å². The Bertz CT molecular complexity index is 932. The lowest BCUT2D eigenvalue weighted by Gasteiger charge is -2.20. The van der Waals surface area contributed by atoms with Crippen molar-refractivity contribution in [2.24, 2.45) is 0 Å². The van der Waals surface area contributed by atoms with Crippen molar-refractivity contribution < 1.29 is 23.7 Å². The van der Waals surface area contributed by atoms with Gasteiger partial charge >= 0.3 is 0 Å². The molecule has 26 heavy (non-hydrogen) atoms. The van der Waals surface area contributed by atoms with Gasteiger partial charge in [-0.1, -0.05) is 11.6 Å². The molecular weight excluding hydrogens is 356 g/mol. The van der Waals surface area contributed by atoms with E-state index >= 15 is 0 Å². The first-order chi connectivity index (χ1) is 12.6. The maximum absolute atomic E-state index is 12.9. The summed E-state index contributed by atoms with van der Waals surface area (Å²) in [5, 5.41) is 0.580. The molecule has 1 heterocycles. The molecule has 5 nitrogen and oxygen atoms in total. The number of allylic oxidation sites excluding steroid dienone is 1. The van der Waals surface area contributed by atoms with Crippen molar-refractivity contribution in [1.29, 1.82) is 0 Å². The van der Waals surface area contributed by atoms with Crippen LogP contribution in [0.4, 0.5) is 0 Å². The quantitative estimate of drug-likeness (QED) is 0.761. The number of halogens is 1. The zero-order valence-corrected chi connectivity index (χ0v) is 15.2. The number of benzene rings is 2. The average Bonchev–Trinajstić information content (AvgIpc) is 2.95. The molecular formula is C20H17ClO5. The van der Waals surface area contributed by atoms with Crippen molar-refractivity contribution >= 4 is 23.5 Å². The molecule has 1 aliphatic heterocycles. The number of methoxy groups -OCH3 is 2. The second-order valence-corrected chi connectivity index (χ2v) is 6.57. The first-order valence-corrected chi connectivity index (χ1v) is 8.51. The number of ether oxygens (including phenoxy) is 4. The Kier molecular flexibility index (Phi) is 4.34. The van der Waals surface area contributed by atoms with E-state index in [9.17, 15) is 4.79 Å². The van der Waals surface area contributed by atoms with Crippen molar-refractivity contribution in [3.8, 4) is 17.2 Å². The van der Waals surface area contributed by atoms with Crippen molar-refractivity contribution in [1.82, 2.24) is 0 Å². The normalized spacial score (nSPS) is 16.9. The van der Waals surface area contributed by atoms with E-state index in [0.717, 1.165) is 16.7 Å². The molecule has 0 amide bonds. The molecule has 2 aromatic carbocycles. The summed E-state index contributed by atoms with van der Waals surface area (Å²) in [6, 6.07) is 7.20. The van der Waals surface area contributed by atoms with Gasteiger partial charge in [0.2, 0.25) is 0 Å². The number of fused-ring (bicyclic) bond motifs is 2. The molecule has 0 N–H and O–H groups in total. The Hall–Kier alpha value is -2.50. The Morgan fingerprint density at radius 3 is 2.62 bits per heavy atom. The highest BCUT2D eigenvalue weighted by Crippen LogP contribution is 2.39. The summed E-state index contributed by atoms with van der Waals surface area (Å²) in [5.74, 6) is 1.84. The van der Waals surface area contributed by atoms with Gasteiger partial charge in [-0.2, -0.15) is 0 Å². The van der Waals surface area contributed by atoms with Gasteiger partial charge < -0.3 is 18.9 Å². The van der Waals surface area contributed by atoms with Gasteiger partial charge in [0.15, 0.2) is 24.1 Å². The number of hydrogen-bond donors (Lipinski definition) is 0. The van der Waals surface area contributed by atoms with Crippen LogP contribution in [0.5, 0.6) is 17.2 Å². The molecule has 6 heteroatoms. The SMILES string of the molecule is COc1cc2c(cc1OC)C(=O)C(=Cc1cc(Cl)cc3c1OCOC3)C2. The number of ketones is 1. The topological polar surface area (TPSA) is 54.0 Å². The summed E-state index contributed by atoms with van der Waals surface area (Å²) in [7, 11) is 3.13. The second kappa shape index (κ2) is 6.67. The van der Waals surface area contributed by atoms with Crippen LogP contribution in [-0.2, 0) is 17.8 Å². The van der Waals surface area contributed by atoms with E-state index in [1.165, 1.54) is 0 Å². The summed E-state index contributed by atoms with van der Waals surface area (Å²) >= 11 is 6.21. The van der Waals surface area contributed by atoms with E-state index in [2.05, 4.69) is 0 Å². The van der Waals surface area contributed by atoms with E-state index in [4.69, 9.17) is 30.5 Å². The lowest BCUT2D eigenvalue weighted by molar-refractivity contribution is -0.0165. The van der Waals surface area contributed by atoms with Crippen LogP contribution in [0.25, 0.3) is 6.08 Å². The van der Waals surface area contributed by atoms with E-state index in [1.54, 1.807) is 26.4 Å².